The van der Waals surface area contributed by atoms with Crippen molar-refractivity contribution in [1.82, 2.24) is 0 Å². The zero-order valence-corrected chi connectivity index (χ0v) is 10.1. The molecule has 0 saturated carbocycles. The Bertz CT molecular complexity index is 478. The maximum Gasteiger partial charge on any atom is 0.126 e. The first kappa shape index (κ1) is 11.5. The average Bonchev–Trinajstić information content (AvgIpc) is 2.39. The summed E-state index contributed by atoms with van der Waals surface area (Å²) >= 11 is 0. The fourth-order valence-electron chi connectivity index (χ4n) is 1.71. The monoisotopic (exact) mass is 228 g/mol. The maximum atomic E-state index is 5.79. The fraction of sp³-hybridized carbons (Fsp3) is 0.200. The Morgan fingerprint density at radius 3 is 2.29 bits per heavy atom. The summed E-state index contributed by atoms with van der Waals surface area (Å²) in [7, 11) is 1.67. The second kappa shape index (κ2) is 5.39. The highest BCUT2D eigenvalue weighted by Gasteiger charge is 2.04. The molecule has 2 heteroatoms. The lowest BCUT2D eigenvalue weighted by Gasteiger charge is -2.11. The van der Waals surface area contributed by atoms with Gasteiger partial charge in [0.05, 0.1) is 7.11 Å². The van der Waals surface area contributed by atoms with Gasteiger partial charge in [0, 0.05) is 5.56 Å². The second-order valence-corrected chi connectivity index (χ2v) is 3.86. The maximum absolute atomic E-state index is 5.79. The summed E-state index contributed by atoms with van der Waals surface area (Å²) in [5.41, 5.74) is 2.20. The Balaban J connectivity index is 2.09. The van der Waals surface area contributed by atoms with E-state index in [2.05, 4.69) is 12.1 Å². The predicted octanol–water partition coefficient (Wildman–Crippen LogP) is 3.58. The number of ether oxygens (including phenoxy) is 2. The van der Waals surface area contributed by atoms with Crippen molar-refractivity contribution in [3.63, 3.8) is 0 Å². The molecule has 2 aromatic carbocycles. The molecule has 0 aromatic heterocycles. The molecule has 0 aliphatic rings. The lowest BCUT2D eigenvalue weighted by atomic mass is 10.2. The number of hydrogen-bond donors (Lipinski definition) is 0. The van der Waals surface area contributed by atoms with Crippen LogP contribution in [-0.2, 0) is 6.61 Å². The Hall–Kier alpha value is -1.96. The molecule has 0 fully saturated rings. The molecule has 0 spiro atoms. The van der Waals surface area contributed by atoms with Crippen LogP contribution in [-0.4, -0.2) is 7.11 Å². The van der Waals surface area contributed by atoms with E-state index in [4.69, 9.17) is 9.47 Å². The summed E-state index contributed by atoms with van der Waals surface area (Å²) in [6, 6.07) is 16.0. The molecule has 0 radical (unpaired) electrons. The van der Waals surface area contributed by atoms with E-state index in [9.17, 15) is 0 Å². The van der Waals surface area contributed by atoms with Crippen molar-refractivity contribution in [3.05, 3.63) is 59.7 Å². The van der Waals surface area contributed by atoms with Crippen molar-refractivity contribution in [2.45, 2.75) is 13.5 Å². The van der Waals surface area contributed by atoms with Gasteiger partial charge in [-0.3, -0.25) is 0 Å². The molecule has 0 bridgehead atoms. The number of hydrogen-bond acceptors (Lipinski definition) is 2. The van der Waals surface area contributed by atoms with E-state index in [0.717, 1.165) is 22.6 Å². The fourth-order valence-corrected chi connectivity index (χ4v) is 1.71. The van der Waals surface area contributed by atoms with Gasteiger partial charge in [-0.2, -0.15) is 0 Å². The highest BCUT2D eigenvalue weighted by molar-refractivity contribution is 5.43. The van der Waals surface area contributed by atoms with Crippen LogP contribution in [0.4, 0.5) is 0 Å². The first-order valence-corrected chi connectivity index (χ1v) is 5.61. The summed E-state index contributed by atoms with van der Waals surface area (Å²) in [6.07, 6.45) is 0. The highest BCUT2D eigenvalue weighted by Crippen LogP contribution is 2.27. The minimum atomic E-state index is 0.578. The zero-order valence-electron chi connectivity index (χ0n) is 10.1. The summed E-state index contributed by atoms with van der Waals surface area (Å²) in [5.74, 6) is 1.73. The van der Waals surface area contributed by atoms with E-state index in [-0.39, 0.29) is 0 Å². The van der Waals surface area contributed by atoms with Crippen molar-refractivity contribution in [2.24, 2.45) is 0 Å². The first-order chi connectivity index (χ1) is 8.31. The van der Waals surface area contributed by atoms with Gasteiger partial charge in [-0.15, -0.1) is 0 Å². The van der Waals surface area contributed by atoms with Crippen molar-refractivity contribution in [1.29, 1.82) is 0 Å². The molecule has 0 heterocycles. The van der Waals surface area contributed by atoms with Crippen LogP contribution in [0.5, 0.6) is 11.5 Å². The molecule has 0 saturated heterocycles. The molecule has 2 rings (SSSR count). The standard InChI is InChI=1S/C15H16O2/c1-12-14(16-2)9-6-10-15(12)17-11-13-7-4-3-5-8-13/h3-10H,11H2,1-2H3. The Morgan fingerprint density at radius 1 is 0.882 bits per heavy atom. The van der Waals surface area contributed by atoms with Crippen LogP contribution in [0, 0.1) is 6.92 Å². The lowest BCUT2D eigenvalue weighted by Crippen LogP contribution is -1.98. The van der Waals surface area contributed by atoms with E-state index < -0.39 is 0 Å². The molecule has 2 aromatic rings. The third kappa shape index (κ3) is 2.78. The van der Waals surface area contributed by atoms with Gasteiger partial charge in [0.15, 0.2) is 0 Å². The van der Waals surface area contributed by atoms with Gasteiger partial charge in [0.1, 0.15) is 18.1 Å². The average molecular weight is 228 g/mol. The molecular formula is C15H16O2. The molecule has 0 aliphatic carbocycles. The van der Waals surface area contributed by atoms with Crippen LogP contribution in [0.3, 0.4) is 0 Å². The SMILES string of the molecule is COc1cccc(OCc2ccccc2)c1C. The van der Waals surface area contributed by atoms with E-state index >= 15 is 0 Å². The van der Waals surface area contributed by atoms with Crippen LogP contribution >= 0.6 is 0 Å². The Labute approximate surface area is 102 Å². The number of methoxy groups -OCH3 is 1. The first-order valence-electron chi connectivity index (χ1n) is 5.61. The normalized spacial score (nSPS) is 10.0. The van der Waals surface area contributed by atoms with Crippen LogP contribution in [0.25, 0.3) is 0 Å². The third-order valence-electron chi connectivity index (χ3n) is 2.69. The van der Waals surface area contributed by atoms with Gasteiger partial charge in [-0.1, -0.05) is 36.4 Å². The largest absolute Gasteiger partial charge is 0.496 e. The molecule has 0 atom stereocenters. The minimum Gasteiger partial charge on any atom is -0.496 e. The van der Waals surface area contributed by atoms with Crippen molar-refractivity contribution >= 4 is 0 Å². The lowest BCUT2D eigenvalue weighted by molar-refractivity contribution is 0.301. The van der Waals surface area contributed by atoms with E-state index in [1.807, 2.05) is 43.3 Å². The van der Waals surface area contributed by atoms with Crippen molar-refractivity contribution in [2.75, 3.05) is 7.11 Å². The summed E-state index contributed by atoms with van der Waals surface area (Å²) in [6.45, 7) is 2.58. The molecule has 0 unspecified atom stereocenters. The summed E-state index contributed by atoms with van der Waals surface area (Å²) in [4.78, 5) is 0. The van der Waals surface area contributed by atoms with E-state index in [1.54, 1.807) is 7.11 Å². The van der Waals surface area contributed by atoms with Crippen LogP contribution in [0.2, 0.25) is 0 Å². The second-order valence-electron chi connectivity index (χ2n) is 3.86. The zero-order chi connectivity index (χ0) is 12.1. The van der Waals surface area contributed by atoms with Crippen molar-refractivity contribution < 1.29 is 9.47 Å². The molecule has 17 heavy (non-hydrogen) atoms. The molecular weight excluding hydrogens is 212 g/mol. The number of rotatable bonds is 4. The Morgan fingerprint density at radius 2 is 1.59 bits per heavy atom. The van der Waals surface area contributed by atoms with E-state index in [0.29, 0.717) is 6.61 Å². The Kier molecular flexibility index (Phi) is 3.66. The molecule has 0 aliphatic heterocycles. The summed E-state index contributed by atoms with van der Waals surface area (Å²) < 4.78 is 11.0. The minimum absolute atomic E-state index is 0.578. The van der Waals surface area contributed by atoms with Gasteiger partial charge in [-0.05, 0) is 24.6 Å². The highest BCUT2D eigenvalue weighted by atomic mass is 16.5. The number of benzene rings is 2. The smallest absolute Gasteiger partial charge is 0.126 e. The molecule has 0 N–H and O–H groups in total. The van der Waals surface area contributed by atoms with Crippen LogP contribution in [0.15, 0.2) is 48.5 Å². The van der Waals surface area contributed by atoms with Crippen LogP contribution < -0.4 is 9.47 Å². The quantitative estimate of drug-likeness (QED) is 0.796. The molecule has 88 valence electrons. The molecule has 2 nitrogen and oxygen atoms in total. The van der Waals surface area contributed by atoms with Gasteiger partial charge < -0.3 is 9.47 Å². The van der Waals surface area contributed by atoms with Gasteiger partial charge in [-0.25, -0.2) is 0 Å². The third-order valence-corrected chi connectivity index (χ3v) is 2.69. The van der Waals surface area contributed by atoms with Gasteiger partial charge in [0.25, 0.3) is 0 Å². The topological polar surface area (TPSA) is 18.5 Å². The van der Waals surface area contributed by atoms with Crippen LogP contribution in [0.1, 0.15) is 11.1 Å². The molecule has 0 amide bonds. The van der Waals surface area contributed by atoms with E-state index in [1.165, 1.54) is 0 Å². The van der Waals surface area contributed by atoms with Crippen molar-refractivity contribution in [3.8, 4) is 11.5 Å². The van der Waals surface area contributed by atoms with Gasteiger partial charge in [0.2, 0.25) is 0 Å². The summed E-state index contributed by atoms with van der Waals surface area (Å²) in [5, 5.41) is 0. The van der Waals surface area contributed by atoms with Gasteiger partial charge >= 0.3 is 0 Å². The predicted molar refractivity (Wildman–Crippen MR) is 68.5 cm³/mol.